The van der Waals surface area contributed by atoms with Gasteiger partial charge in [-0.3, -0.25) is 0 Å². The molecule has 28 heavy (non-hydrogen) atoms. The number of carbonyl (C=O) groups is 1. The van der Waals surface area contributed by atoms with Crippen LogP contribution in [-0.2, 0) is 10.9 Å². The molecule has 1 aliphatic heterocycles. The second-order valence-electron chi connectivity index (χ2n) is 6.75. The van der Waals surface area contributed by atoms with E-state index in [4.69, 9.17) is 4.74 Å². The molecule has 2 heterocycles. The molecule has 0 aliphatic carbocycles. The predicted octanol–water partition coefficient (Wildman–Crippen LogP) is 5.12. The lowest BCUT2D eigenvalue weighted by molar-refractivity contribution is -0.137. The van der Waals surface area contributed by atoms with E-state index in [9.17, 15) is 23.1 Å². The van der Waals surface area contributed by atoms with Crippen molar-refractivity contribution < 1.29 is 27.8 Å². The average Bonchev–Trinajstić information content (AvgIpc) is 3.11. The van der Waals surface area contributed by atoms with Gasteiger partial charge in [0, 0.05) is 12.0 Å². The Kier molecular flexibility index (Phi) is 4.58. The maximum absolute atomic E-state index is 12.8. The largest absolute Gasteiger partial charge is 0.478 e. The van der Waals surface area contributed by atoms with Crippen LogP contribution in [0.3, 0.4) is 0 Å². The number of hydrogen-bond donors (Lipinski definition) is 1. The van der Waals surface area contributed by atoms with Gasteiger partial charge < -0.3 is 9.84 Å². The van der Waals surface area contributed by atoms with Crippen LogP contribution in [0.1, 0.15) is 41.4 Å². The van der Waals surface area contributed by atoms with Gasteiger partial charge in [-0.25, -0.2) is 9.48 Å². The summed E-state index contributed by atoms with van der Waals surface area (Å²) in [4.78, 5) is 11.8. The maximum Gasteiger partial charge on any atom is 0.416 e. The number of nitrogens with zero attached hydrogens (tertiary/aromatic N) is 2. The van der Waals surface area contributed by atoms with Gasteiger partial charge in [-0.2, -0.15) is 18.3 Å². The van der Waals surface area contributed by atoms with Crippen LogP contribution in [0.4, 0.5) is 13.2 Å². The van der Waals surface area contributed by atoms with E-state index in [2.05, 4.69) is 5.10 Å². The Morgan fingerprint density at radius 3 is 2.50 bits per heavy atom. The minimum atomic E-state index is -4.42. The van der Waals surface area contributed by atoms with E-state index in [-0.39, 0.29) is 11.8 Å². The number of halogens is 3. The fraction of sp³-hybridized carbons (Fsp3) is 0.300. The molecule has 1 aliphatic rings. The Hall–Kier alpha value is -2.87. The molecule has 8 heteroatoms. The highest BCUT2D eigenvalue weighted by molar-refractivity contribution is 6.04. The summed E-state index contributed by atoms with van der Waals surface area (Å²) in [5, 5.41) is 14.4. The summed E-state index contributed by atoms with van der Waals surface area (Å²) in [5.74, 6) is -1.12. The summed E-state index contributed by atoms with van der Waals surface area (Å²) < 4.78 is 45.9. The van der Waals surface area contributed by atoms with Gasteiger partial charge in [0.15, 0.2) is 6.23 Å². The number of carboxylic acid groups (broad SMARTS) is 1. The number of fused-ring (bicyclic) bond motifs is 1. The highest BCUT2D eigenvalue weighted by Gasteiger charge is 2.30. The van der Waals surface area contributed by atoms with Crippen molar-refractivity contribution in [3.05, 3.63) is 53.7 Å². The number of hydrogen-bond acceptors (Lipinski definition) is 3. The average molecular weight is 390 g/mol. The van der Waals surface area contributed by atoms with Gasteiger partial charge in [-0.05, 0) is 54.7 Å². The molecule has 1 aromatic heterocycles. The summed E-state index contributed by atoms with van der Waals surface area (Å²) in [7, 11) is 0. The quantitative estimate of drug-likeness (QED) is 0.674. The fourth-order valence-electron chi connectivity index (χ4n) is 3.49. The third-order valence-corrected chi connectivity index (χ3v) is 4.92. The zero-order chi connectivity index (χ0) is 19.9. The standard InChI is InChI=1S/C20H17F3N2O3/c21-20(22,23)14-6-4-12(5-7-14)13-9-15(19(26)27)16-11-24-25(17(16)10-13)18-3-1-2-8-28-18/h4-7,9-11,18H,1-3,8H2,(H,26,27). The Morgan fingerprint density at radius 1 is 1.14 bits per heavy atom. The highest BCUT2D eigenvalue weighted by atomic mass is 19.4. The van der Waals surface area contributed by atoms with E-state index in [1.165, 1.54) is 24.4 Å². The molecule has 2 aromatic carbocycles. The molecule has 1 atom stereocenters. The lowest BCUT2D eigenvalue weighted by Gasteiger charge is -2.23. The van der Waals surface area contributed by atoms with Crippen molar-refractivity contribution in [2.24, 2.45) is 0 Å². The van der Waals surface area contributed by atoms with Crippen LogP contribution in [-0.4, -0.2) is 27.5 Å². The van der Waals surface area contributed by atoms with Gasteiger partial charge in [0.05, 0.1) is 22.8 Å². The molecule has 1 N–H and O–H groups in total. The molecule has 0 spiro atoms. The third-order valence-electron chi connectivity index (χ3n) is 4.92. The van der Waals surface area contributed by atoms with Gasteiger partial charge >= 0.3 is 12.1 Å². The summed E-state index contributed by atoms with van der Waals surface area (Å²) in [6.45, 7) is 0.608. The zero-order valence-electron chi connectivity index (χ0n) is 14.7. The molecular weight excluding hydrogens is 373 g/mol. The number of ether oxygens (including phenoxy) is 1. The van der Waals surface area contributed by atoms with Gasteiger partial charge in [0.1, 0.15) is 0 Å². The van der Waals surface area contributed by atoms with Crippen molar-refractivity contribution in [1.29, 1.82) is 0 Å². The SMILES string of the molecule is O=C(O)c1cc(-c2ccc(C(F)(F)F)cc2)cc2c1cnn2C1CCCCO1. The first-order chi connectivity index (χ1) is 13.3. The van der Waals surface area contributed by atoms with Crippen LogP contribution in [0.25, 0.3) is 22.0 Å². The first-order valence-electron chi connectivity index (χ1n) is 8.88. The summed E-state index contributed by atoms with van der Waals surface area (Å²) in [6, 6.07) is 7.86. The molecule has 4 rings (SSSR count). The summed E-state index contributed by atoms with van der Waals surface area (Å²) >= 11 is 0. The predicted molar refractivity (Wildman–Crippen MR) is 96.0 cm³/mol. The van der Waals surface area contributed by atoms with Crippen molar-refractivity contribution in [2.45, 2.75) is 31.7 Å². The van der Waals surface area contributed by atoms with Gasteiger partial charge in [-0.1, -0.05) is 12.1 Å². The Bertz CT molecular complexity index is 1020. The zero-order valence-corrected chi connectivity index (χ0v) is 14.7. The van der Waals surface area contributed by atoms with E-state index in [1.54, 1.807) is 10.7 Å². The Labute approximate surface area is 158 Å². The molecule has 3 aromatic rings. The molecule has 146 valence electrons. The molecular formula is C20H17F3N2O3. The van der Waals surface area contributed by atoms with Crippen molar-refractivity contribution in [1.82, 2.24) is 9.78 Å². The van der Waals surface area contributed by atoms with Crippen LogP contribution < -0.4 is 0 Å². The molecule has 0 amide bonds. The first kappa shape index (κ1) is 18.5. The highest BCUT2D eigenvalue weighted by Crippen LogP contribution is 2.34. The van der Waals surface area contributed by atoms with Crippen LogP contribution in [0, 0.1) is 0 Å². The third kappa shape index (κ3) is 3.35. The molecule has 1 saturated heterocycles. The van der Waals surface area contributed by atoms with Crippen molar-refractivity contribution in [3.8, 4) is 11.1 Å². The van der Waals surface area contributed by atoms with E-state index in [1.807, 2.05) is 0 Å². The summed E-state index contributed by atoms with van der Waals surface area (Å²) in [5.41, 5.74) is 0.887. The van der Waals surface area contributed by atoms with Crippen LogP contribution in [0.2, 0.25) is 0 Å². The van der Waals surface area contributed by atoms with Crippen molar-refractivity contribution in [2.75, 3.05) is 6.61 Å². The molecule has 1 fully saturated rings. The minimum absolute atomic E-state index is 0.0504. The van der Waals surface area contributed by atoms with Crippen LogP contribution in [0.15, 0.2) is 42.6 Å². The molecule has 5 nitrogen and oxygen atoms in total. The lowest BCUT2D eigenvalue weighted by Crippen LogP contribution is -2.19. The van der Waals surface area contributed by atoms with Crippen LogP contribution in [0.5, 0.6) is 0 Å². The fourth-order valence-corrected chi connectivity index (χ4v) is 3.49. The van der Waals surface area contributed by atoms with E-state index < -0.39 is 17.7 Å². The number of aromatic carboxylic acids is 1. The second kappa shape index (κ2) is 6.94. The maximum atomic E-state index is 12.8. The van der Waals surface area contributed by atoms with Gasteiger partial charge in [0.2, 0.25) is 0 Å². The van der Waals surface area contributed by atoms with E-state index in [0.29, 0.717) is 28.6 Å². The molecule has 0 saturated carbocycles. The Balaban J connectivity index is 1.83. The number of benzene rings is 2. The monoisotopic (exact) mass is 390 g/mol. The van der Waals surface area contributed by atoms with Gasteiger partial charge in [0.25, 0.3) is 0 Å². The number of rotatable bonds is 3. The number of aromatic nitrogens is 2. The lowest BCUT2D eigenvalue weighted by atomic mass is 9.99. The minimum Gasteiger partial charge on any atom is -0.478 e. The molecule has 0 bridgehead atoms. The Morgan fingerprint density at radius 2 is 1.89 bits per heavy atom. The second-order valence-corrected chi connectivity index (χ2v) is 6.75. The van der Waals surface area contributed by atoms with Crippen molar-refractivity contribution >= 4 is 16.9 Å². The smallest absolute Gasteiger partial charge is 0.416 e. The number of alkyl halides is 3. The van der Waals surface area contributed by atoms with Gasteiger partial charge in [-0.15, -0.1) is 0 Å². The molecule has 0 radical (unpaired) electrons. The topological polar surface area (TPSA) is 64.3 Å². The van der Waals surface area contributed by atoms with Crippen LogP contribution >= 0.6 is 0 Å². The summed E-state index contributed by atoms with van der Waals surface area (Å²) in [6.07, 6.45) is -0.498. The van der Waals surface area contributed by atoms with Crippen molar-refractivity contribution in [3.63, 3.8) is 0 Å². The van der Waals surface area contributed by atoms with E-state index >= 15 is 0 Å². The number of carboxylic acids is 1. The van der Waals surface area contributed by atoms with E-state index in [0.717, 1.165) is 31.4 Å². The first-order valence-corrected chi connectivity index (χ1v) is 8.88. The normalized spacial score (nSPS) is 17.8. The molecule has 1 unspecified atom stereocenters.